The molecular formula is C15H17N3O3. The first-order valence-electron chi connectivity index (χ1n) is 6.95. The number of aromatic nitrogens is 3. The van der Waals surface area contributed by atoms with Gasteiger partial charge in [0.2, 0.25) is 0 Å². The second kappa shape index (κ2) is 5.95. The third-order valence-corrected chi connectivity index (χ3v) is 3.17. The summed E-state index contributed by atoms with van der Waals surface area (Å²) in [5.41, 5.74) is 2.76. The molecule has 0 bridgehead atoms. The molecule has 0 N–H and O–H groups in total. The summed E-state index contributed by atoms with van der Waals surface area (Å²) < 4.78 is 15.8. The molecule has 3 aromatic heterocycles. The highest BCUT2D eigenvalue weighted by atomic mass is 16.5. The number of aryl methyl sites for hydroxylation is 6. The van der Waals surface area contributed by atoms with Gasteiger partial charge in [-0.05, 0) is 19.8 Å². The molecule has 0 atom stereocenters. The van der Waals surface area contributed by atoms with Crippen LogP contribution in [0.1, 0.15) is 34.6 Å². The first-order valence-corrected chi connectivity index (χ1v) is 6.95. The number of nitrogens with zero attached hydrogens (tertiary/aromatic N) is 3. The van der Waals surface area contributed by atoms with Crippen molar-refractivity contribution in [3.05, 3.63) is 53.2 Å². The van der Waals surface area contributed by atoms with Crippen molar-refractivity contribution in [1.82, 2.24) is 15.1 Å². The quantitative estimate of drug-likeness (QED) is 0.693. The minimum Gasteiger partial charge on any atom is -0.449 e. The van der Waals surface area contributed by atoms with E-state index >= 15 is 0 Å². The van der Waals surface area contributed by atoms with Crippen LogP contribution in [0.5, 0.6) is 0 Å². The Morgan fingerprint density at radius 3 is 2.33 bits per heavy atom. The molecule has 0 amide bonds. The second-order valence-corrected chi connectivity index (χ2v) is 5.03. The van der Waals surface area contributed by atoms with Crippen LogP contribution in [0.15, 0.2) is 32.0 Å². The van der Waals surface area contributed by atoms with E-state index in [2.05, 4.69) is 15.1 Å². The van der Waals surface area contributed by atoms with Gasteiger partial charge in [-0.2, -0.15) is 0 Å². The van der Waals surface area contributed by atoms with Crippen LogP contribution >= 0.6 is 0 Å². The molecule has 3 aromatic rings. The van der Waals surface area contributed by atoms with E-state index in [4.69, 9.17) is 13.4 Å². The van der Waals surface area contributed by atoms with Crippen molar-refractivity contribution >= 4 is 0 Å². The SMILES string of the molecule is Cc1cc(CCc2nc(CCc3coc(C)n3)co2)on1. The van der Waals surface area contributed by atoms with E-state index in [0.29, 0.717) is 12.3 Å². The van der Waals surface area contributed by atoms with Crippen LogP contribution in [0, 0.1) is 13.8 Å². The smallest absolute Gasteiger partial charge is 0.194 e. The Labute approximate surface area is 122 Å². The van der Waals surface area contributed by atoms with Crippen LogP contribution in [0.3, 0.4) is 0 Å². The van der Waals surface area contributed by atoms with E-state index in [1.807, 2.05) is 19.9 Å². The van der Waals surface area contributed by atoms with Crippen LogP contribution in [0.2, 0.25) is 0 Å². The lowest BCUT2D eigenvalue weighted by Crippen LogP contribution is -1.94. The summed E-state index contributed by atoms with van der Waals surface area (Å²) in [7, 11) is 0. The summed E-state index contributed by atoms with van der Waals surface area (Å²) in [5, 5.41) is 3.86. The lowest BCUT2D eigenvalue weighted by Gasteiger charge is -1.92. The van der Waals surface area contributed by atoms with E-state index < -0.39 is 0 Å². The lowest BCUT2D eigenvalue weighted by atomic mass is 10.2. The number of oxazole rings is 2. The molecule has 0 aliphatic rings. The summed E-state index contributed by atoms with van der Waals surface area (Å²) in [6.07, 6.45) is 6.42. The summed E-state index contributed by atoms with van der Waals surface area (Å²) in [4.78, 5) is 8.73. The molecule has 0 spiro atoms. The standard InChI is InChI=1S/C15H17N3O3/c1-10-7-14(21-18-10)5-6-15-17-13(9-20-15)4-3-12-8-19-11(2)16-12/h7-9H,3-6H2,1-2H3. The highest BCUT2D eigenvalue weighted by Crippen LogP contribution is 2.11. The average Bonchev–Trinajstić information content (AvgIpc) is 3.16. The molecule has 21 heavy (non-hydrogen) atoms. The van der Waals surface area contributed by atoms with Crippen LogP contribution in [-0.2, 0) is 25.7 Å². The Hall–Kier alpha value is -2.37. The van der Waals surface area contributed by atoms with E-state index in [1.54, 1.807) is 12.5 Å². The molecule has 6 heteroatoms. The molecule has 0 aliphatic carbocycles. The Balaban J connectivity index is 1.51. The van der Waals surface area contributed by atoms with Crippen molar-refractivity contribution in [2.45, 2.75) is 39.5 Å². The zero-order valence-electron chi connectivity index (χ0n) is 12.1. The van der Waals surface area contributed by atoms with Gasteiger partial charge >= 0.3 is 0 Å². The average molecular weight is 287 g/mol. The molecule has 0 saturated heterocycles. The molecule has 0 saturated carbocycles. The summed E-state index contributed by atoms with van der Waals surface area (Å²) in [5.74, 6) is 2.26. The predicted molar refractivity (Wildman–Crippen MR) is 73.8 cm³/mol. The Bertz CT molecular complexity index is 652. The Kier molecular flexibility index (Phi) is 3.85. The van der Waals surface area contributed by atoms with Crippen molar-refractivity contribution < 1.29 is 13.4 Å². The van der Waals surface area contributed by atoms with Crippen molar-refractivity contribution in [2.75, 3.05) is 0 Å². The minimum absolute atomic E-state index is 0.688. The van der Waals surface area contributed by atoms with Crippen LogP contribution in [0.4, 0.5) is 0 Å². The van der Waals surface area contributed by atoms with Gasteiger partial charge in [0.05, 0.1) is 17.1 Å². The van der Waals surface area contributed by atoms with Gasteiger partial charge in [-0.15, -0.1) is 0 Å². The Morgan fingerprint density at radius 2 is 1.67 bits per heavy atom. The van der Waals surface area contributed by atoms with Gasteiger partial charge in [-0.1, -0.05) is 5.16 Å². The first-order chi connectivity index (χ1) is 10.2. The van der Waals surface area contributed by atoms with Crippen molar-refractivity contribution in [1.29, 1.82) is 0 Å². The van der Waals surface area contributed by atoms with E-state index in [1.165, 1.54) is 0 Å². The van der Waals surface area contributed by atoms with Crippen molar-refractivity contribution in [2.24, 2.45) is 0 Å². The fraction of sp³-hybridized carbons (Fsp3) is 0.400. The highest BCUT2D eigenvalue weighted by molar-refractivity contribution is 5.06. The minimum atomic E-state index is 0.688. The highest BCUT2D eigenvalue weighted by Gasteiger charge is 2.08. The van der Waals surface area contributed by atoms with Gasteiger partial charge in [0.15, 0.2) is 11.8 Å². The number of hydrogen-bond acceptors (Lipinski definition) is 6. The topological polar surface area (TPSA) is 78.1 Å². The maximum absolute atomic E-state index is 5.47. The van der Waals surface area contributed by atoms with Crippen LogP contribution in [-0.4, -0.2) is 15.1 Å². The molecule has 110 valence electrons. The normalized spacial score (nSPS) is 11.1. The fourth-order valence-corrected chi connectivity index (χ4v) is 2.12. The predicted octanol–water partition coefficient (Wildman–Crippen LogP) is 2.84. The summed E-state index contributed by atoms with van der Waals surface area (Å²) in [6, 6.07) is 1.93. The number of rotatable bonds is 6. The molecule has 6 nitrogen and oxygen atoms in total. The second-order valence-electron chi connectivity index (χ2n) is 5.03. The molecular weight excluding hydrogens is 270 g/mol. The molecule has 0 unspecified atom stereocenters. The summed E-state index contributed by atoms with van der Waals surface area (Å²) >= 11 is 0. The zero-order chi connectivity index (χ0) is 14.7. The van der Waals surface area contributed by atoms with Gasteiger partial charge in [-0.25, -0.2) is 9.97 Å². The van der Waals surface area contributed by atoms with E-state index in [0.717, 1.165) is 48.0 Å². The first kappa shape index (κ1) is 13.6. The Morgan fingerprint density at radius 1 is 0.905 bits per heavy atom. The molecule has 0 radical (unpaired) electrons. The maximum atomic E-state index is 5.47. The van der Waals surface area contributed by atoms with Gasteiger partial charge in [0.1, 0.15) is 18.3 Å². The van der Waals surface area contributed by atoms with Crippen LogP contribution in [0.25, 0.3) is 0 Å². The molecule has 0 aliphatic heterocycles. The van der Waals surface area contributed by atoms with Crippen LogP contribution < -0.4 is 0 Å². The molecule has 3 heterocycles. The molecule has 0 aromatic carbocycles. The van der Waals surface area contributed by atoms with Gasteiger partial charge < -0.3 is 13.4 Å². The molecule has 0 fully saturated rings. The monoisotopic (exact) mass is 287 g/mol. The lowest BCUT2D eigenvalue weighted by molar-refractivity contribution is 0.374. The molecule has 3 rings (SSSR count). The van der Waals surface area contributed by atoms with Crippen molar-refractivity contribution in [3.8, 4) is 0 Å². The van der Waals surface area contributed by atoms with E-state index in [9.17, 15) is 0 Å². The third-order valence-electron chi connectivity index (χ3n) is 3.17. The van der Waals surface area contributed by atoms with Gasteiger partial charge in [0, 0.05) is 25.8 Å². The van der Waals surface area contributed by atoms with E-state index in [-0.39, 0.29) is 0 Å². The zero-order valence-corrected chi connectivity index (χ0v) is 12.1. The third kappa shape index (κ3) is 3.59. The van der Waals surface area contributed by atoms with Gasteiger partial charge in [-0.3, -0.25) is 0 Å². The largest absolute Gasteiger partial charge is 0.449 e. The maximum Gasteiger partial charge on any atom is 0.194 e. The number of hydrogen-bond donors (Lipinski definition) is 0. The van der Waals surface area contributed by atoms with Gasteiger partial charge in [0.25, 0.3) is 0 Å². The summed E-state index contributed by atoms with van der Waals surface area (Å²) in [6.45, 7) is 3.74. The van der Waals surface area contributed by atoms with Crippen molar-refractivity contribution in [3.63, 3.8) is 0 Å². The fourth-order valence-electron chi connectivity index (χ4n) is 2.12.